The number of esters is 1. The van der Waals surface area contributed by atoms with Gasteiger partial charge in [0.25, 0.3) is 0 Å². The predicted molar refractivity (Wildman–Crippen MR) is 115 cm³/mol. The Balaban J connectivity index is 1.73. The van der Waals surface area contributed by atoms with Gasteiger partial charge in [0, 0.05) is 34.0 Å². The number of anilines is 1. The van der Waals surface area contributed by atoms with Gasteiger partial charge in [-0.15, -0.1) is 0 Å². The zero-order chi connectivity index (χ0) is 20.2. The molecule has 146 valence electrons. The van der Waals surface area contributed by atoms with Crippen LogP contribution in [0.4, 0.5) is 5.69 Å². The Kier molecular flexibility index (Phi) is 5.29. The molecule has 2 aromatic carbocycles. The second-order valence-corrected chi connectivity index (χ2v) is 6.84. The van der Waals surface area contributed by atoms with Crippen LogP contribution in [0, 0.1) is 6.92 Å². The van der Waals surface area contributed by atoms with E-state index in [0.717, 1.165) is 33.5 Å². The molecule has 1 atom stereocenters. The van der Waals surface area contributed by atoms with Gasteiger partial charge in [0.2, 0.25) is 0 Å². The van der Waals surface area contributed by atoms with Crippen LogP contribution in [-0.4, -0.2) is 22.5 Å². The largest absolute Gasteiger partial charge is 0.462 e. The first kappa shape index (κ1) is 18.7. The van der Waals surface area contributed by atoms with Gasteiger partial charge in [-0.1, -0.05) is 24.3 Å². The highest BCUT2D eigenvalue weighted by molar-refractivity contribution is 5.90. The zero-order valence-corrected chi connectivity index (χ0v) is 16.5. The van der Waals surface area contributed by atoms with E-state index in [1.807, 2.05) is 42.5 Å². The molecule has 2 N–H and O–H groups in total. The van der Waals surface area contributed by atoms with Crippen molar-refractivity contribution in [3.63, 3.8) is 0 Å². The molecule has 29 heavy (non-hydrogen) atoms. The molecule has 5 heteroatoms. The van der Waals surface area contributed by atoms with Crippen LogP contribution in [0.15, 0.2) is 72.9 Å². The molecule has 4 aromatic rings. The number of rotatable bonds is 6. The SMILES string of the molecule is CCOC(=O)c1ccc(N[C@H](c2ccccn2)c2c(C)[nH]c3ccccc23)cc1. The fourth-order valence-electron chi connectivity index (χ4n) is 3.59. The highest BCUT2D eigenvalue weighted by Crippen LogP contribution is 2.33. The Labute approximate surface area is 169 Å². The van der Waals surface area contributed by atoms with Crippen LogP contribution in [0.3, 0.4) is 0 Å². The van der Waals surface area contributed by atoms with E-state index in [0.29, 0.717) is 12.2 Å². The molecule has 0 spiro atoms. The molecule has 0 saturated carbocycles. The molecular formula is C24H23N3O2. The molecular weight excluding hydrogens is 362 g/mol. The standard InChI is InChI=1S/C24H23N3O2/c1-3-29-24(28)17-11-13-18(14-12-17)27-23(21-10-6-7-15-25-21)22-16(2)26-20-9-5-4-8-19(20)22/h4-15,23,26-27H,3H2,1-2H3/t23-/m1/s1. The van der Waals surface area contributed by atoms with Gasteiger partial charge in [0.1, 0.15) is 0 Å². The lowest BCUT2D eigenvalue weighted by molar-refractivity contribution is 0.0526. The number of hydrogen-bond acceptors (Lipinski definition) is 4. The Morgan fingerprint density at radius 3 is 2.55 bits per heavy atom. The van der Waals surface area contributed by atoms with Crippen LogP contribution >= 0.6 is 0 Å². The summed E-state index contributed by atoms with van der Waals surface area (Å²) in [5, 5.41) is 4.76. The summed E-state index contributed by atoms with van der Waals surface area (Å²) < 4.78 is 5.07. The van der Waals surface area contributed by atoms with E-state index >= 15 is 0 Å². The van der Waals surface area contributed by atoms with E-state index in [4.69, 9.17) is 4.74 Å². The number of nitrogens with zero attached hydrogens (tertiary/aromatic N) is 1. The summed E-state index contributed by atoms with van der Waals surface area (Å²) >= 11 is 0. The maximum atomic E-state index is 11.9. The van der Waals surface area contributed by atoms with Gasteiger partial charge < -0.3 is 15.0 Å². The number of H-pyrrole nitrogens is 1. The lowest BCUT2D eigenvalue weighted by Crippen LogP contribution is -2.15. The first-order chi connectivity index (χ1) is 14.2. The summed E-state index contributed by atoms with van der Waals surface area (Å²) in [5.41, 5.74) is 5.72. The molecule has 5 nitrogen and oxygen atoms in total. The van der Waals surface area contributed by atoms with Gasteiger partial charge in [0.15, 0.2) is 0 Å². The van der Waals surface area contributed by atoms with Crippen molar-refractivity contribution in [1.29, 1.82) is 0 Å². The van der Waals surface area contributed by atoms with Crippen LogP contribution in [0.1, 0.15) is 40.3 Å². The molecule has 0 fully saturated rings. The number of ether oxygens (including phenoxy) is 1. The Morgan fingerprint density at radius 1 is 1.07 bits per heavy atom. The van der Waals surface area contributed by atoms with Crippen LogP contribution in [-0.2, 0) is 4.74 Å². The third-order valence-corrected chi connectivity index (χ3v) is 4.92. The van der Waals surface area contributed by atoms with Crippen molar-refractivity contribution in [3.8, 4) is 0 Å². The van der Waals surface area contributed by atoms with Crippen LogP contribution in [0.2, 0.25) is 0 Å². The number of carbonyl (C=O) groups excluding carboxylic acids is 1. The minimum atomic E-state index is -0.312. The summed E-state index contributed by atoms with van der Waals surface area (Å²) in [5.74, 6) is -0.312. The van der Waals surface area contributed by atoms with Crippen LogP contribution in [0.25, 0.3) is 10.9 Å². The number of benzene rings is 2. The lowest BCUT2D eigenvalue weighted by atomic mass is 9.99. The maximum absolute atomic E-state index is 11.9. The first-order valence-electron chi connectivity index (χ1n) is 9.69. The average Bonchev–Trinajstić information content (AvgIpc) is 3.09. The fraction of sp³-hybridized carbons (Fsp3) is 0.167. The Bertz CT molecular complexity index is 1120. The minimum Gasteiger partial charge on any atom is -0.462 e. The topological polar surface area (TPSA) is 67.0 Å². The van der Waals surface area contributed by atoms with Crippen molar-refractivity contribution in [3.05, 3.63) is 95.4 Å². The molecule has 0 unspecified atom stereocenters. The molecule has 4 rings (SSSR count). The highest BCUT2D eigenvalue weighted by Gasteiger charge is 2.22. The predicted octanol–water partition coefficient (Wildman–Crippen LogP) is 5.25. The summed E-state index contributed by atoms with van der Waals surface area (Å²) in [6, 6.07) is 21.4. The van der Waals surface area contributed by atoms with Gasteiger partial charge in [-0.25, -0.2) is 4.79 Å². The normalized spacial score (nSPS) is 11.9. The summed E-state index contributed by atoms with van der Waals surface area (Å²) in [4.78, 5) is 20.0. The first-order valence-corrected chi connectivity index (χ1v) is 9.69. The van der Waals surface area contributed by atoms with E-state index in [1.165, 1.54) is 0 Å². The minimum absolute atomic E-state index is 0.138. The van der Waals surface area contributed by atoms with Crippen molar-refractivity contribution in [2.24, 2.45) is 0 Å². The molecule has 0 aliphatic carbocycles. The van der Waals surface area contributed by atoms with Crippen molar-refractivity contribution >= 4 is 22.6 Å². The third kappa shape index (κ3) is 3.85. The number of hydrogen-bond donors (Lipinski definition) is 2. The number of aryl methyl sites for hydroxylation is 1. The molecule has 0 bridgehead atoms. The van der Waals surface area contributed by atoms with E-state index < -0.39 is 0 Å². The number of carbonyl (C=O) groups is 1. The van der Waals surface area contributed by atoms with Crippen molar-refractivity contribution in [1.82, 2.24) is 9.97 Å². The number of aromatic nitrogens is 2. The fourth-order valence-corrected chi connectivity index (χ4v) is 3.59. The van der Waals surface area contributed by atoms with E-state index in [1.54, 1.807) is 25.3 Å². The molecule has 2 heterocycles. The van der Waals surface area contributed by atoms with Crippen LogP contribution in [0.5, 0.6) is 0 Å². The maximum Gasteiger partial charge on any atom is 0.338 e. The third-order valence-electron chi connectivity index (χ3n) is 4.92. The summed E-state index contributed by atoms with van der Waals surface area (Å²) in [7, 11) is 0. The number of pyridine rings is 1. The Morgan fingerprint density at radius 2 is 1.83 bits per heavy atom. The average molecular weight is 385 g/mol. The molecule has 0 saturated heterocycles. The number of para-hydroxylation sites is 1. The van der Waals surface area contributed by atoms with E-state index in [9.17, 15) is 4.79 Å². The van der Waals surface area contributed by atoms with Gasteiger partial charge in [-0.2, -0.15) is 0 Å². The Hall–Kier alpha value is -3.60. The lowest BCUT2D eigenvalue weighted by Gasteiger charge is -2.21. The van der Waals surface area contributed by atoms with E-state index in [2.05, 4.69) is 34.3 Å². The van der Waals surface area contributed by atoms with Crippen molar-refractivity contribution in [2.75, 3.05) is 11.9 Å². The summed E-state index contributed by atoms with van der Waals surface area (Å²) in [6.45, 7) is 4.24. The van der Waals surface area contributed by atoms with E-state index in [-0.39, 0.29) is 12.0 Å². The van der Waals surface area contributed by atoms with Gasteiger partial charge in [-0.3, -0.25) is 4.98 Å². The van der Waals surface area contributed by atoms with Gasteiger partial charge >= 0.3 is 5.97 Å². The number of fused-ring (bicyclic) bond motifs is 1. The molecule has 0 aliphatic heterocycles. The summed E-state index contributed by atoms with van der Waals surface area (Å²) in [6.07, 6.45) is 1.80. The molecule has 0 aliphatic rings. The van der Waals surface area contributed by atoms with Gasteiger partial charge in [-0.05, 0) is 56.3 Å². The number of aromatic amines is 1. The second kappa shape index (κ2) is 8.19. The number of nitrogens with one attached hydrogen (secondary N) is 2. The van der Waals surface area contributed by atoms with Gasteiger partial charge in [0.05, 0.1) is 23.9 Å². The monoisotopic (exact) mass is 385 g/mol. The molecule has 0 radical (unpaired) electrons. The molecule has 0 amide bonds. The molecule has 2 aromatic heterocycles. The van der Waals surface area contributed by atoms with Crippen molar-refractivity contribution in [2.45, 2.75) is 19.9 Å². The van der Waals surface area contributed by atoms with Crippen LogP contribution < -0.4 is 5.32 Å². The quantitative estimate of drug-likeness (QED) is 0.445. The smallest absolute Gasteiger partial charge is 0.338 e. The second-order valence-electron chi connectivity index (χ2n) is 6.84. The highest BCUT2D eigenvalue weighted by atomic mass is 16.5. The zero-order valence-electron chi connectivity index (χ0n) is 16.5. The van der Waals surface area contributed by atoms with Crippen molar-refractivity contribution < 1.29 is 9.53 Å².